The third-order valence-corrected chi connectivity index (χ3v) is 2.65. The third-order valence-electron chi connectivity index (χ3n) is 2.65. The average Bonchev–Trinajstić information content (AvgIpc) is 2.75. The van der Waals surface area contributed by atoms with E-state index in [1.54, 1.807) is 25.3 Å². The van der Waals surface area contributed by atoms with Crippen molar-refractivity contribution in [1.82, 2.24) is 15.5 Å². The highest BCUT2D eigenvalue weighted by molar-refractivity contribution is 5.53. The van der Waals surface area contributed by atoms with E-state index < -0.39 is 0 Å². The summed E-state index contributed by atoms with van der Waals surface area (Å²) in [6, 6.07) is 3.34. The monoisotopic (exact) mass is 278 g/mol. The van der Waals surface area contributed by atoms with E-state index >= 15 is 0 Å². The number of rotatable bonds is 4. The fraction of sp³-hybridized carbons (Fsp3) is 0.429. The van der Waals surface area contributed by atoms with Crippen LogP contribution in [0.5, 0.6) is 0 Å². The van der Waals surface area contributed by atoms with Crippen LogP contribution in [0.2, 0.25) is 0 Å². The minimum atomic E-state index is -0.384. The quantitative estimate of drug-likeness (QED) is 0.899. The van der Waals surface area contributed by atoms with Crippen LogP contribution < -0.4 is 10.6 Å². The lowest BCUT2D eigenvalue weighted by molar-refractivity contribution is 0.400. The fourth-order valence-electron chi connectivity index (χ4n) is 1.61. The average molecular weight is 278 g/mol. The highest BCUT2D eigenvalue weighted by Crippen LogP contribution is 2.20. The molecule has 0 aliphatic heterocycles. The molecule has 0 saturated carbocycles. The minimum absolute atomic E-state index is 0.0769. The van der Waals surface area contributed by atoms with Crippen molar-refractivity contribution in [3.8, 4) is 0 Å². The zero-order valence-corrected chi connectivity index (χ0v) is 12.1. The van der Waals surface area contributed by atoms with Crippen LogP contribution in [0, 0.1) is 12.7 Å². The van der Waals surface area contributed by atoms with E-state index in [-0.39, 0.29) is 17.2 Å². The topological polar surface area (TPSA) is 63.0 Å². The normalized spacial score (nSPS) is 11.7. The molecule has 0 aliphatic carbocycles. The van der Waals surface area contributed by atoms with Crippen molar-refractivity contribution in [3.05, 3.63) is 35.5 Å². The zero-order chi connectivity index (χ0) is 14.8. The molecule has 2 N–H and O–H groups in total. The van der Waals surface area contributed by atoms with Crippen LogP contribution in [0.1, 0.15) is 32.1 Å². The molecular weight excluding hydrogens is 259 g/mol. The lowest BCUT2D eigenvalue weighted by Crippen LogP contribution is -2.35. The SMILES string of the molecule is Cc1cc(Nc2nccc(CNC(C)(C)C)c2F)no1. The number of aromatic nitrogens is 2. The highest BCUT2D eigenvalue weighted by Gasteiger charge is 2.14. The van der Waals surface area contributed by atoms with E-state index in [4.69, 9.17) is 4.52 Å². The Balaban J connectivity index is 2.14. The summed E-state index contributed by atoms with van der Waals surface area (Å²) in [5, 5.41) is 9.81. The van der Waals surface area contributed by atoms with Crippen molar-refractivity contribution in [2.24, 2.45) is 0 Å². The Kier molecular flexibility index (Phi) is 4.04. The van der Waals surface area contributed by atoms with Crippen LogP contribution in [0.25, 0.3) is 0 Å². The predicted octanol–water partition coefficient (Wildman–Crippen LogP) is 3.15. The van der Waals surface area contributed by atoms with Gasteiger partial charge in [-0.1, -0.05) is 5.16 Å². The molecule has 0 aromatic carbocycles. The number of hydrogen-bond donors (Lipinski definition) is 2. The summed E-state index contributed by atoms with van der Waals surface area (Å²) in [5.41, 5.74) is 0.477. The molecule has 108 valence electrons. The molecule has 0 bridgehead atoms. The molecule has 2 rings (SSSR count). The van der Waals surface area contributed by atoms with Gasteiger partial charge >= 0.3 is 0 Å². The highest BCUT2D eigenvalue weighted by atomic mass is 19.1. The van der Waals surface area contributed by atoms with Gasteiger partial charge in [-0.25, -0.2) is 9.37 Å². The minimum Gasteiger partial charge on any atom is -0.360 e. The van der Waals surface area contributed by atoms with Gasteiger partial charge in [-0.15, -0.1) is 0 Å². The molecule has 0 amide bonds. The lowest BCUT2D eigenvalue weighted by atomic mass is 10.1. The molecule has 0 aliphatic rings. The van der Waals surface area contributed by atoms with E-state index in [1.165, 1.54) is 0 Å². The molecule has 0 fully saturated rings. The van der Waals surface area contributed by atoms with Crippen LogP contribution >= 0.6 is 0 Å². The number of aryl methyl sites for hydroxylation is 1. The van der Waals surface area contributed by atoms with Gasteiger partial charge in [0.2, 0.25) is 0 Å². The molecule has 0 saturated heterocycles. The predicted molar refractivity (Wildman–Crippen MR) is 75.3 cm³/mol. The Morgan fingerprint density at radius 2 is 2.10 bits per heavy atom. The maximum absolute atomic E-state index is 14.3. The van der Waals surface area contributed by atoms with Crippen LogP contribution in [0.15, 0.2) is 22.9 Å². The van der Waals surface area contributed by atoms with E-state index in [0.29, 0.717) is 23.7 Å². The van der Waals surface area contributed by atoms with Crippen molar-refractivity contribution < 1.29 is 8.91 Å². The number of nitrogens with one attached hydrogen (secondary N) is 2. The van der Waals surface area contributed by atoms with Crippen molar-refractivity contribution in [2.75, 3.05) is 5.32 Å². The van der Waals surface area contributed by atoms with Crippen LogP contribution in [0.3, 0.4) is 0 Å². The van der Waals surface area contributed by atoms with E-state index in [2.05, 4.69) is 20.8 Å². The second kappa shape index (κ2) is 5.58. The van der Waals surface area contributed by atoms with Gasteiger partial charge in [0.05, 0.1) is 0 Å². The van der Waals surface area contributed by atoms with E-state index in [1.807, 2.05) is 20.8 Å². The number of hydrogen-bond acceptors (Lipinski definition) is 5. The van der Waals surface area contributed by atoms with Gasteiger partial charge < -0.3 is 15.2 Å². The van der Waals surface area contributed by atoms with Gasteiger partial charge in [-0.3, -0.25) is 0 Å². The summed E-state index contributed by atoms with van der Waals surface area (Å²) in [6.07, 6.45) is 1.57. The fourth-order valence-corrected chi connectivity index (χ4v) is 1.61. The Labute approximate surface area is 117 Å². The summed E-state index contributed by atoms with van der Waals surface area (Å²) in [7, 11) is 0. The molecule has 0 radical (unpaired) electrons. The second-order valence-electron chi connectivity index (χ2n) is 5.68. The van der Waals surface area contributed by atoms with Gasteiger partial charge in [0.1, 0.15) is 5.76 Å². The standard InChI is InChI=1S/C14H19FN4O/c1-9-7-11(19-20-9)18-13-12(15)10(5-6-16-13)8-17-14(2,3)4/h5-7,17H,8H2,1-4H3,(H,16,18,19). The van der Waals surface area contributed by atoms with Crippen LogP contribution in [-0.2, 0) is 6.54 Å². The molecular formula is C14H19FN4O. The molecule has 2 heterocycles. The van der Waals surface area contributed by atoms with Crippen LogP contribution in [-0.4, -0.2) is 15.7 Å². The van der Waals surface area contributed by atoms with Crippen molar-refractivity contribution >= 4 is 11.6 Å². The first-order valence-electron chi connectivity index (χ1n) is 6.44. The molecule has 5 nitrogen and oxygen atoms in total. The van der Waals surface area contributed by atoms with Gasteiger partial charge in [0.15, 0.2) is 17.5 Å². The lowest BCUT2D eigenvalue weighted by Gasteiger charge is -2.21. The largest absolute Gasteiger partial charge is 0.360 e. The summed E-state index contributed by atoms with van der Waals surface area (Å²) in [6.45, 7) is 8.30. The number of pyridine rings is 1. The third kappa shape index (κ3) is 3.77. The Morgan fingerprint density at radius 3 is 2.70 bits per heavy atom. The van der Waals surface area contributed by atoms with Crippen molar-refractivity contribution in [1.29, 1.82) is 0 Å². The first-order chi connectivity index (χ1) is 9.35. The van der Waals surface area contributed by atoms with Gasteiger partial charge in [0, 0.05) is 29.9 Å². The molecule has 2 aromatic rings. The summed E-state index contributed by atoms with van der Waals surface area (Å²) >= 11 is 0. The number of halogens is 1. The molecule has 0 atom stereocenters. The maximum Gasteiger partial charge on any atom is 0.175 e. The molecule has 6 heteroatoms. The summed E-state index contributed by atoms with van der Waals surface area (Å²) in [4.78, 5) is 3.99. The zero-order valence-electron chi connectivity index (χ0n) is 12.1. The second-order valence-corrected chi connectivity index (χ2v) is 5.68. The Morgan fingerprint density at radius 1 is 1.35 bits per heavy atom. The van der Waals surface area contributed by atoms with E-state index in [9.17, 15) is 4.39 Å². The van der Waals surface area contributed by atoms with Crippen LogP contribution in [0.4, 0.5) is 16.0 Å². The molecule has 2 aromatic heterocycles. The molecule has 0 unspecified atom stereocenters. The van der Waals surface area contributed by atoms with Gasteiger partial charge in [0.25, 0.3) is 0 Å². The summed E-state index contributed by atoms with van der Waals surface area (Å²) < 4.78 is 19.2. The Hall–Kier alpha value is -1.95. The van der Waals surface area contributed by atoms with Crippen molar-refractivity contribution in [3.63, 3.8) is 0 Å². The molecule has 20 heavy (non-hydrogen) atoms. The number of anilines is 2. The maximum atomic E-state index is 14.3. The first-order valence-corrected chi connectivity index (χ1v) is 6.44. The first kappa shape index (κ1) is 14.5. The van der Waals surface area contributed by atoms with Gasteiger partial charge in [-0.2, -0.15) is 0 Å². The van der Waals surface area contributed by atoms with Crippen molar-refractivity contribution in [2.45, 2.75) is 39.8 Å². The summed E-state index contributed by atoms with van der Waals surface area (Å²) in [5.74, 6) is 0.852. The number of nitrogens with zero attached hydrogens (tertiary/aromatic N) is 2. The molecule has 0 spiro atoms. The van der Waals surface area contributed by atoms with Gasteiger partial charge in [-0.05, 0) is 33.8 Å². The Bertz CT molecular complexity index is 589. The van der Waals surface area contributed by atoms with E-state index in [0.717, 1.165) is 0 Å². The smallest absolute Gasteiger partial charge is 0.175 e.